The van der Waals surface area contributed by atoms with E-state index in [4.69, 9.17) is 20.3 Å². The molecule has 0 aliphatic rings. The first kappa shape index (κ1) is 21.4. The van der Waals surface area contributed by atoms with Crippen LogP contribution >= 0.6 is 0 Å². The molecule has 0 radical (unpaired) electrons. The number of carboxylic acids is 1. The Balaban J connectivity index is 2.34. The quantitative estimate of drug-likeness (QED) is 0.305. The van der Waals surface area contributed by atoms with E-state index in [-0.39, 0.29) is 5.91 Å². The van der Waals surface area contributed by atoms with Crippen molar-refractivity contribution in [2.75, 3.05) is 13.7 Å². The fraction of sp³-hybridized carbons (Fsp3) is 0.500. The topological polar surface area (TPSA) is 128 Å². The van der Waals surface area contributed by atoms with Gasteiger partial charge in [0.25, 0.3) is 0 Å². The van der Waals surface area contributed by atoms with E-state index in [0.717, 1.165) is 5.56 Å². The molecule has 0 saturated heterocycles. The van der Waals surface area contributed by atoms with E-state index in [2.05, 4.69) is 5.32 Å². The van der Waals surface area contributed by atoms with Gasteiger partial charge in [-0.1, -0.05) is 6.07 Å². The van der Waals surface area contributed by atoms with Crippen molar-refractivity contribution in [3.05, 3.63) is 23.8 Å². The zero-order chi connectivity index (χ0) is 19.5. The third-order valence-corrected chi connectivity index (χ3v) is 3.70. The third kappa shape index (κ3) is 7.98. The standard InChI is InChI=1S/C18H26N2O6/c1-12(21)26-15-8-6-13(11-16(15)25-2)7-9-17(22)20-10-4-3-5-14(19)18(23)24/h6,8,11,14H,3-5,7,9-10,19H2,1-2H3,(H,20,22)(H,23,24). The minimum Gasteiger partial charge on any atom is -0.493 e. The van der Waals surface area contributed by atoms with Crippen LogP contribution in [-0.4, -0.2) is 42.6 Å². The summed E-state index contributed by atoms with van der Waals surface area (Å²) in [6.07, 6.45) is 2.54. The van der Waals surface area contributed by atoms with E-state index in [0.29, 0.717) is 50.1 Å². The zero-order valence-electron chi connectivity index (χ0n) is 15.1. The number of ether oxygens (including phenoxy) is 2. The molecule has 8 heteroatoms. The lowest BCUT2D eigenvalue weighted by molar-refractivity contribution is -0.138. The molecule has 1 amide bonds. The number of benzene rings is 1. The van der Waals surface area contributed by atoms with Gasteiger partial charge in [0.05, 0.1) is 7.11 Å². The molecule has 0 aliphatic heterocycles. The largest absolute Gasteiger partial charge is 0.493 e. The summed E-state index contributed by atoms with van der Waals surface area (Å²) in [5, 5.41) is 11.5. The molecule has 0 bridgehead atoms. The number of esters is 1. The molecule has 0 aromatic heterocycles. The summed E-state index contributed by atoms with van der Waals surface area (Å²) in [7, 11) is 1.48. The highest BCUT2D eigenvalue weighted by molar-refractivity contribution is 5.76. The molecule has 1 aromatic rings. The number of amides is 1. The summed E-state index contributed by atoms with van der Waals surface area (Å²) < 4.78 is 10.2. The molecule has 1 unspecified atom stereocenters. The van der Waals surface area contributed by atoms with Gasteiger partial charge in [-0.25, -0.2) is 0 Å². The van der Waals surface area contributed by atoms with Crippen molar-refractivity contribution < 1.29 is 29.0 Å². The average Bonchev–Trinajstić information content (AvgIpc) is 2.59. The van der Waals surface area contributed by atoms with Crippen LogP contribution < -0.4 is 20.5 Å². The Morgan fingerprint density at radius 1 is 1.23 bits per heavy atom. The van der Waals surface area contributed by atoms with Gasteiger partial charge >= 0.3 is 11.9 Å². The molecule has 26 heavy (non-hydrogen) atoms. The van der Waals surface area contributed by atoms with E-state index in [1.165, 1.54) is 14.0 Å². The van der Waals surface area contributed by atoms with Crippen molar-refractivity contribution in [3.63, 3.8) is 0 Å². The minimum absolute atomic E-state index is 0.0874. The molecule has 1 atom stereocenters. The van der Waals surface area contributed by atoms with Crippen LogP contribution in [-0.2, 0) is 20.8 Å². The first-order chi connectivity index (χ1) is 12.3. The van der Waals surface area contributed by atoms with Crippen LogP contribution in [0, 0.1) is 0 Å². The van der Waals surface area contributed by atoms with E-state index in [1.807, 2.05) is 0 Å². The van der Waals surface area contributed by atoms with Crippen LogP contribution in [0.15, 0.2) is 18.2 Å². The molecule has 4 N–H and O–H groups in total. The first-order valence-electron chi connectivity index (χ1n) is 8.44. The van der Waals surface area contributed by atoms with Crippen LogP contribution in [0.25, 0.3) is 0 Å². The van der Waals surface area contributed by atoms with Crippen molar-refractivity contribution in [2.45, 2.75) is 45.1 Å². The van der Waals surface area contributed by atoms with Crippen LogP contribution in [0.4, 0.5) is 0 Å². The Morgan fingerprint density at radius 2 is 1.96 bits per heavy atom. The molecule has 8 nitrogen and oxygen atoms in total. The average molecular weight is 366 g/mol. The fourth-order valence-electron chi connectivity index (χ4n) is 2.29. The summed E-state index contributed by atoms with van der Waals surface area (Å²) in [4.78, 5) is 33.5. The Hall–Kier alpha value is -2.61. The number of carbonyl (C=O) groups excluding carboxylic acids is 2. The van der Waals surface area contributed by atoms with Crippen LogP contribution in [0.3, 0.4) is 0 Å². The van der Waals surface area contributed by atoms with E-state index in [1.54, 1.807) is 18.2 Å². The highest BCUT2D eigenvalue weighted by Gasteiger charge is 2.11. The molecule has 1 rings (SSSR count). The summed E-state index contributed by atoms with van der Waals surface area (Å²) in [6.45, 7) is 1.80. The van der Waals surface area contributed by atoms with Crippen LogP contribution in [0.1, 0.15) is 38.2 Å². The smallest absolute Gasteiger partial charge is 0.320 e. The molecular weight excluding hydrogens is 340 g/mol. The zero-order valence-corrected chi connectivity index (χ0v) is 15.1. The molecule has 144 valence electrons. The van der Waals surface area contributed by atoms with Gasteiger partial charge in [0.1, 0.15) is 6.04 Å². The maximum absolute atomic E-state index is 11.9. The monoisotopic (exact) mass is 366 g/mol. The van der Waals surface area contributed by atoms with Crippen molar-refractivity contribution in [2.24, 2.45) is 5.73 Å². The second-order valence-corrected chi connectivity index (χ2v) is 5.87. The lowest BCUT2D eigenvalue weighted by atomic mass is 10.1. The second kappa shape index (κ2) is 11.1. The summed E-state index contributed by atoms with van der Waals surface area (Å²) >= 11 is 0. The highest BCUT2D eigenvalue weighted by atomic mass is 16.6. The van der Waals surface area contributed by atoms with Gasteiger partial charge in [0.2, 0.25) is 5.91 Å². The molecule has 0 aliphatic carbocycles. The number of hydrogen-bond acceptors (Lipinski definition) is 6. The number of carboxylic acid groups (broad SMARTS) is 1. The van der Waals surface area contributed by atoms with Crippen molar-refractivity contribution in [1.82, 2.24) is 5.32 Å². The normalized spacial score (nSPS) is 11.5. The highest BCUT2D eigenvalue weighted by Crippen LogP contribution is 2.28. The van der Waals surface area contributed by atoms with Gasteiger partial charge in [-0.15, -0.1) is 0 Å². The van der Waals surface area contributed by atoms with Gasteiger partial charge < -0.3 is 25.6 Å². The van der Waals surface area contributed by atoms with Gasteiger partial charge in [-0.2, -0.15) is 0 Å². The van der Waals surface area contributed by atoms with Gasteiger partial charge in [0.15, 0.2) is 11.5 Å². The Bertz CT molecular complexity index is 632. The number of aryl methyl sites for hydroxylation is 1. The SMILES string of the molecule is COc1cc(CCC(=O)NCCCCC(N)C(=O)O)ccc1OC(C)=O. The minimum atomic E-state index is -1.01. The third-order valence-electron chi connectivity index (χ3n) is 3.70. The van der Waals surface area contributed by atoms with Gasteiger partial charge in [0, 0.05) is 19.9 Å². The Labute approximate surface area is 152 Å². The molecule has 0 spiro atoms. The summed E-state index contributed by atoms with van der Waals surface area (Å²) in [5.41, 5.74) is 6.30. The van der Waals surface area contributed by atoms with Crippen LogP contribution in [0.2, 0.25) is 0 Å². The van der Waals surface area contributed by atoms with Crippen molar-refractivity contribution in [1.29, 1.82) is 0 Å². The van der Waals surface area contributed by atoms with Gasteiger partial charge in [-0.3, -0.25) is 14.4 Å². The number of methoxy groups -OCH3 is 1. The van der Waals surface area contributed by atoms with Gasteiger partial charge in [-0.05, 0) is 43.4 Å². The maximum atomic E-state index is 11.9. The molecule has 0 fully saturated rings. The molecule has 0 saturated carbocycles. The van der Waals surface area contributed by atoms with Crippen LogP contribution in [0.5, 0.6) is 11.5 Å². The second-order valence-electron chi connectivity index (χ2n) is 5.87. The number of carbonyl (C=O) groups is 3. The molecule has 1 aromatic carbocycles. The van der Waals surface area contributed by atoms with E-state index >= 15 is 0 Å². The van der Waals surface area contributed by atoms with Crippen molar-refractivity contribution in [3.8, 4) is 11.5 Å². The summed E-state index contributed by atoms with van der Waals surface area (Å²) in [6, 6.07) is 4.30. The maximum Gasteiger partial charge on any atom is 0.320 e. The van der Waals surface area contributed by atoms with E-state index in [9.17, 15) is 14.4 Å². The lowest BCUT2D eigenvalue weighted by Crippen LogP contribution is -2.30. The number of nitrogens with two attached hydrogens (primary N) is 1. The van der Waals surface area contributed by atoms with Crippen molar-refractivity contribution >= 4 is 17.8 Å². The number of rotatable bonds is 11. The molecular formula is C18H26N2O6. The molecule has 0 heterocycles. The Morgan fingerprint density at radius 3 is 2.58 bits per heavy atom. The van der Waals surface area contributed by atoms with E-state index < -0.39 is 18.0 Å². The number of hydrogen-bond donors (Lipinski definition) is 3. The predicted octanol–water partition coefficient (Wildman–Crippen LogP) is 1.25. The Kier molecular flexibility index (Phi) is 9.14. The number of aliphatic carboxylic acids is 1. The predicted molar refractivity (Wildman–Crippen MR) is 95.1 cm³/mol. The number of unbranched alkanes of at least 4 members (excludes halogenated alkanes) is 1. The fourth-order valence-corrected chi connectivity index (χ4v) is 2.29. The first-order valence-corrected chi connectivity index (χ1v) is 8.44. The summed E-state index contributed by atoms with van der Waals surface area (Å²) in [5.74, 6) is -0.750. The lowest BCUT2D eigenvalue weighted by Gasteiger charge is -2.10. The number of nitrogens with one attached hydrogen (secondary N) is 1.